The summed E-state index contributed by atoms with van der Waals surface area (Å²) in [5.74, 6) is -0.373. The van der Waals surface area contributed by atoms with Gasteiger partial charge < -0.3 is 15.5 Å². The molecule has 0 aliphatic rings. The molecule has 0 saturated carbocycles. The molecule has 0 unspecified atom stereocenters. The first-order valence-corrected chi connectivity index (χ1v) is 13.1. The van der Waals surface area contributed by atoms with E-state index in [1.807, 2.05) is 57.6 Å². The van der Waals surface area contributed by atoms with Gasteiger partial charge >= 0.3 is 0 Å². The Morgan fingerprint density at radius 1 is 1.05 bits per heavy atom. The van der Waals surface area contributed by atoms with Gasteiger partial charge in [0.1, 0.15) is 17.7 Å². The van der Waals surface area contributed by atoms with Crippen LogP contribution in [-0.4, -0.2) is 45.1 Å². The number of fused-ring (bicyclic) bond motifs is 1. The Hall–Kier alpha value is -5.14. The topological polar surface area (TPSA) is 123 Å². The lowest BCUT2D eigenvalue weighted by Gasteiger charge is -2.16. The summed E-state index contributed by atoms with van der Waals surface area (Å²) in [6.07, 6.45) is 3.24. The SMILES string of the molecule is C[C@H](NC(=O)c1cc(C#N)cnc1NCc1ccc(-c2cnc3n[nH]c(CN(C)C)c3c2)cc1)c1ccc(F)cc1. The van der Waals surface area contributed by atoms with Gasteiger partial charge in [-0.3, -0.25) is 9.89 Å². The van der Waals surface area contributed by atoms with Crippen molar-refractivity contribution in [2.75, 3.05) is 19.4 Å². The molecule has 41 heavy (non-hydrogen) atoms. The number of H-pyrrole nitrogens is 1. The van der Waals surface area contributed by atoms with Gasteiger partial charge in [0.05, 0.1) is 22.9 Å². The smallest absolute Gasteiger partial charge is 0.255 e. The van der Waals surface area contributed by atoms with E-state index in [2.05, 4.69) is 41.8 Å². The molecule has 10 heteroatoms. The van der Waals surface area contributed by atoms with Crippen LogP contribution in [0.2, 0.25) is 0 Å². The molecule has 0 fully saturated rings. The number of carbonyl (C=O) groups excluding carboxylic acids is 1. The molecule has 3 aromatic heterocycles. The van der Waals surface area contributed by atoms with E-state index in [0.29, 0.717) is 18.0 Å². The number of hydrogen-bond donors (Lipinski definition) is 3. The molecular weight excluding hydrogens is 519 g/mol. The highest BCUT2D eigenvalue weighted by atomic mass is 19.1. The highest BCUT2D eigenvalue weighted by molar-refractivity contribution is 5.99. The van der Waals surface area contributed by atoms with Crippen LogP contribution in [0.5, 0.6) is 0 Å². The van der Waals surface area contributed by atoms with Crippen molar-refractivity contribution in [2.45, 2.75) is 26.1 Å². The van der Waals surface area contributed by atoms with E-state index in [0.717, 1.165) is 39.9 Å². The van der Waals surface area contributed by atoms with Gasteiger partial charge in [-0.1, -0.05) is 36.4 Å². The van der Waals surface area contributed by atoms with Crippen molar-refractivity contribution in [1.29, 1.82) is 5.26 Å². The quantitative estimate of drug-likeness (QED) is 0.232. The molecule has 206 valence electrons. The van der Waals surface area contributed by atoms with Gasteiger partial charge in [-0.15, -0.1) is 0 Å². The molecule has 0 aliphatic carbocycles. The molecule has 0 saturated heterocycles. The predicted molar refractivity (Wildman–Crippen MR) is 155 cm³/mol. The number of nitriles is 1. The fourth-order valence-electron chi connectivity index (χ4n) is 4.49. The van der Waals surface area contributed by atoms with Crippen molar-refractivity contribution in [2.24, 2.45) is 0 Å². The Morgan fingerprint density at radius 3 is 2.51 bits per heavy atom. The minimum Gasteiger partial charge on any atom is -0.365 e. The summed E-state index contributed by atoms with van der Waals surface area (Å²) >= 11 is 0. The highest BCUT2D eigenvalue weighted by Crippen LogP contribution is 2.25. The van der Waals surface area contributed by atoms with Crippen LogP contribution in [0.4, 0.5) is 10.2 Å². The maximum Gasteiger partial charge on any atom is 0.255 e. The number of amides is 1. The maximum absolute atomic E-state index is 13.3. The number of nitrogens with one attached hydrogen (secondary N) is 3. The Kier molecular flexibility index (Phi) is 7.99. The summed E-state index contributed by atoms with van der Waals surface area (Å²) in [6.45, 7) is 2.96. The first-order valence-electron chi connectivity index (χ1n) is 13.1. The number of rotatable bonds is 9. The molecule has 0 aliphatic heterocycles. The van der Waals surface area contributed by atoms with E-state index in [1.54, 1.807) is 12.1 Å². The van der Waals surface area contributed by atoms with E-state index < -0.39 is 0 Å². The molecule has 0 bridgehead atoms. The molecule has 0 radical (unpaired) electrons. The zero-order valence-electron chi connectivity index (χ0n) is 22.9. The van der Waals surface area contributed by atoms with E-state index in [-0.39, 0.29) is 28.9 Å². The average Bonchev–Trinajstić information content (AvgIpc) is 3.37. The van der Waals surface area contributed by atoms with Crippen LogP contribution < -0.4 is 10.6 Å². The van der Waals surface area contributed by atoms with Crippen molar-refractivity contribution in [3.05, 3.63) is 107 Å². The number of halogens is 1. The standard InChI is InChI=1S/C31H29FN8O/c1-19(22-8-10-25(32)11-9-22)37-31(41)27-12-21(14-33)16-35-29(27)34-15-20-4-6-23(7-5-20)24-13-26-28(18-40(2)3)38-39-30(26)36-17-24/h4-13,16-17,19H,15,18H2,1-3H3,(H,34,35)(H,37,41)(H,36,38,39)/t19-/m0/s1. The fraction of sp³-hybridized carbons (Fsp3) is 0.194. The minimum atomic E-state index is -0.389. The van der Waals surface area contributed by atoms with Crippen LogP contribution in [-0.2, 0) is 13.1 Å². The Balaban J connectivity index is 1.30. The van der Waals surface area contributed by atoms with Gasteiger partial charge in [-0.05, 0) is 62.0 Å². The second kappa shape index (κ2) is 11.9. The third kappa shape index (κ3) is 6.37. The molecule has 3 N–H and O–H groups in total. The van der Waals surface area contributed by atoms with Gasteiger partial charge in [0.25, 0.3) is 5.91 Å². The number of benzene rings is 2. The fourth-order valence-corrected chi connectivity index (χ4v) is 4.49. The molecule has 5 aromatic rings. The monoisotopic (exact) mass is 548 g/mol. The van der Waals surface area contributed by atoms with Crippen molar-refractivity contribution in [1.82, 2.24) is 30.4 Å². The molecule has 1 amide bonds. The summed E-state index contributed by atoms with van der Waals surface area (Å²) in [7, 11) is 4.02. The Morgan fingerprint density at radius 2 is 1.80 bits per heavy atom. The number of anilines is 1. The first-order chi connectivity index (χ1) is 19.8. The Labute approximate surface area is 237 Å². The number of aromatic nitrogens is 4. The summed E-state index contributed by atoms with van der Waals surface area (Å²) in [5.41, 5.74) is 5.98. The van der Waals surface area contributed by atoms with E-state index in [4.69, 9.17) is 0 Å². The number of nitrogens with zero attached hydrogens (tertiary/aromatic N) is 5. The normalized spacial score (nSPS) is 11.8. The summed E-state index contributed by atoms with van der Waals surface area (Å²) in [4.78, 5) is 24.1. The van der Waals surface area contributed by atoms with Gasteiger partial charge in [0.2, 0.25) is 0 Å². The van der Waals surface area contributed by atoms with Gasteiger partial charge in [-0.2, -0.15) is 10.4 Å². The van der Waals surface area contributed by atoms with Crippen LogP contribution in [0.15, 0.2) is 73.1 Å². The molecule has 1 atom stereocenters. The predicted octanol–water partition coefficient (Wildman–Crippen LogP) is 5.20. The molecule has 2 aromatic carbocycles. The lowest BCUT2D eigenvalue weighted by molar-refractivity contribution is 0.0940. The van der Waals surface area contributed by atoms with Gasteiger partial charge in [0.15, 0.2) is 5.65 Å². The van der Waals surface area contributed by atoms with Crippen LogP contribution in [0.25, 0.3) is 22.2 Å². The molecule has 9 nitrogen and oxygen atoms in total. The second-order valence-electron chi connectivity index (χ2n) is 10.1. The van der Waals surface area contributed by atoms with Crippen LogP contribution in [0.3, 0.4) is 0 Å². The third-order valence-electron chi connectivity index (χ3n) is 6.69. The first kappa shape index (κ1) is 27.4. The van der Waals surface area contributed by atoms with Crippen molar-refractivity contribution < 1.29 is 9.18 Å². The van der Waals surface area contributed by atoms with Crippen molar-refractivity contribution in [3.63, 3.8) is 0 Å². The number of pyridine rings is 2. The summed E-state index contributed by atoms with van der Waals surface area (Å²) in [6, 6.07) is 19.3. The molecule has 5 rings (SSSR count). The lowest BCUT2D eigenvalue weighted by atomic mass is 10.0. The van der Waals surface area contributed by atoms with Crippen molar-refractivity contribution in [3.8, 4) is 17.2 Å². The number of carbonyl (C=O) groups is 1. The minimum absolute atomic E-state index is 0.252. The number of aromatic amines is 1. The van der Waals surface area contributed by atoms with Crippen molar-refractivity contribution >= 4 is 22.8 Å². The zero-order chi connectivity index (χ0) is 28.9. The number of hydrogen-bond acceptors (Lipinski definition) is 7. The summed E-state index contributed by atoms with van der Waals surface area (Å²) < 4.78 is 13.3. The largest absolute Gasteiger partial charge is 0.365 e. The zero-order valence-corrected chi connectivity index (χ0v) is 22.9. The average molecular weight is 549 g/mol. The van der Waals surface area contributed by atoms with Crippen LogP contribution in [0, 0.1) is 17.1 Å². The third-order valence-corrected chi connectivity index (χ3v) is 6.69. The van der Waals surface area contributed by atoms with Gasteiger partial charge in [-0.25, -0.2) is 14.4 Å². The molecular formula is C31H29FN8O. The van der Waals surface area contributed by atoms with E-state index in [9.17, 15) is 14.4 Å². The van der Waals surface area contributed by atoms with Crippen LogP contribution >= 0.6 is 0 Å². The molecule has 0 spiro atoms. The molecule has 3 heterocycles. The van der Waals surface area contributed by atoms with Gasteiger partial charge in [0, 0.05) is 36.4 Å². The highest BCUT2D eigenvalue weighted by Gasteiger charge is 2.17. The van der Waals surface area contributed by atoms with Crippen LogP contribution in [0.1, 0.15) is 45.7 Å². The summed E-state index contributed by atoms with van der Waals surface area (Å²) in [5, 5.41) is 23.9. The lowest BCUT2D eigenvalue weighted by Crippen LogP contribution is -2.28. The van der Waals surface area contributed by atoms with E-state index >= 15 is 0 Å². The van der Waals surface area contributed by atoms with E-state index in [1.165, 1.54) is 24.4 Å². The maximum atomic E-state index is 13.3. The second-order valence-corrected chi connectivity index (χ2v) is 10.1. The Bertz CT molecular complexity index is 1720.